The fourth-order valence-electron chi connectivity index (χ4n) is 2.05. The Balaban J connectivity index is 2.13. The van der Waals surface area contributed by atoms with Crippen molar-refractivity contribution in [1.29, 1.82) is 0 Å². The molecule has 1 saturated heterocycles. The quantitative estimate of drug-likeness (QED) is 0.863. The minimum atomic E-state index is -0.462. The topological polar surface area (TPSA) is 37.8 Å². The summed E-state index contributed by atoms with van der Waals surface area (Å²) in [5.41, 5.74) is 1.92. The number of benzene rings is 1. The number of nitrogens with zero attached hydrogens (tertiary/aromatic N) is 2. The van der Waals surface area contributed by atoms with E-state index in [2.05, 4.69) is 15.3 Å². The van der Waals surface area contributed by atoms with Crippen molar-refractivity contribution in [3.05, 3.63) is 59.1 Å². The lowest BCUT2D eigenvalue weighted by Gasteiger charge is -2.28. The van der Waals surface area contributed by atoms with E-state index in [1.54, 1.807) is 30.4 Å². The standard InChI is InChI=1S/C13H10ClN3S2/c14-10-3-1-9(2-4-10)13(17-12(18)8-19-13)11-7-15-5-6-16-11/h1-7H,8H2,(H,17,18). The monoisotopic (exact) mass is 307 g/mol. The molecule has 1 N–H and O–H groups in total. The summed E-state index contributed by atoms with van der Waals surface area (Å²) >= 11 is 13.0. The van der Waals surface area contributed by atoms with E-state index >= 15 is 0 Å². The SMILES string of the molecule is S=C1CSC(c2ccc(Cl)cc2)(c2cnccn2)N1. The van der Waals surface area contributed by atoms with Gasteiger partial charge < -0.3 is 5.32 Å². The van der Waals surface area contributed by atoms with Gasteiger partial charge in [-0.2, -0.15) is 0 Å². The predicted octanol–water partition coefficient (Wildman–Crippen LogP) is 2.99. The lowest BCUT2D eigenvalue weighted by Crippen LogP contribution is -2.38. The van der Waals surface area contributed by atoms with Crippen molar-refractivity contribution < 1.29 is 0 Å². The molecular weight excluding hydrogens is 298 g/mol. The molecule has 1 unspecified atom stereocenters. The van der Waals surface area contributed by atoms with Gasteiger partial charge in [-0.15, -0.1) is 11.8 Å². The van der Waals surface area contributed by atoms with Gasteiger partial charge in [0, 0.05) is 23.2 Å². The van der Waals surface area contributed by atoms with Gasteiger partial charge in [-0.25, -0.2) is 0 Å². The van der Waals surface area contributed by atoms with Gasteiger partial charge in [0.15, 0.2) is 4.87 Å². The summed E-state index contributed by atoms with van der Waals surface area (Å²) in [6.45, 7) is 0. The molecule has 1 aromatic carbocycles. The van der Waals surface area contributed by atoms with Gasteiger partial charge in [0.1, 0.15) is 0 Å². The Labute approximate surface area is 125 Å². The molecule has 1 fully saturated rings. The number of halogens is 1. The number of rotatable bonds is 2. The van der Waals surface area contributed by atoms with Gasteiger partial charge in [0.25, 0.3) is 0 Å². The van der Waals surface area contributed by atoms with E-state index in [0.717, 1.165) is 22.0 Å². The molecule has 3 nitrogen and oxygen atoms in total. The third-order valence-electron chi connectivity index (χ3n) is 2.91. The van der Waals surface area contributed by atoms with E-state index < -0.39 is 4.87 Å². The third kappa shape index (κ3) is 2.33. The normalized spacial score (nSPS) is 22.3. The molecule has 0 amide bonds. The highest BCUT2D eigenvalue weighted by atomic mass is 35.5. The second-order valence-corrected chi connectivity index (χ2v) is 6.23. The molecule has 0 aliphatic carbocycles. The lowest BCUT2D eigenvalue weighted by molar-refractivity contribution is 0.682. The highest BCUT2D eigenvalue weighted by Gasteiger charge is 2.41. The Morgan fingerprint density at radius 3 is 2.63 bits per heavy atom. The Kier molecular flexibility index (Phi) is 3.43. The highest BCUT2D eigenvalue weighted by molar-refractivity contribution is 8.02. The average molecular weight is 308 g/mol. The van der Waals surface area contributed by atoms with Crippen LogP contribution in [0.15, 0.2) is 42.9 Å². The summed E-state index contributed by atoms with van der Waals surface area (Å²) < 4.78 is 0. The maximum Gasteiger partial charge on any atom is 0.155 e. The van der Waals surface area contributed by atoms with Crippen molar-refractivity contribution in [3.8, 4) is 0 Å². The van der Waals surface area contributed by atoms with Gasteiger partial charge in [-0.1, -0.05) is 36.0 Å². The van der Waals surface area contributed by atoms with Crippen molar-refractivity contribution >= 4 is 40.6 Å². The molecule has 0 radical (unpaired) electrons. The molecule has 96 valence electrons. The third-order valence-corrected chi connectivity index (χ3v) is 5.00. The van der Waals surface area contributed by atoms with Crippen LogP contribution in [-0.4, -0.2) is 20.7 Å². The van der Waals surface area contributed by atoms with Gasteiger partial charge >= 0.3 is 0 Å². The molecule has 0 spiro atoms. The lowest BCUT2D eigenvalue weighted by atomic mass is 10.0. The van der Waals surface area contributed by atoms with E-state index in [9.17, 15) is 0 Å². The van der Waals surface area contributed by atoms with Crippen LogP contribution in [0.3, 0.4) is 0 Å². The largest absolute Gasteiger partial charge is 0.356 e. The molecule has 19 heavy (non-hydrogen) atoms. The first-order valence-corrected chi connectivity index (χ1v) is 7.45. The smallest absolute Gasteiger partial charge is 0.155 e. The maximum atomic E-state index is 5.96. The predicted molar refractivity (Wildman–Crippen MR) is 82.5 cm³/mol. The van der Waals surface area contributed by atoms with Crippen LogP contribution in [0, 0.1) is 0 Å². The first-order valence-electron chi connectivity index (χ1n) is 5.68. The number of hydrogen-bond donors (Lipinski definition) is 1. The molecule has 6 heteroatoms. The zero-order valence-corrected chi connectivity index (χ0v) is 12.2. The molecule has 1 atom stereocenters. The second-order valence-electron chi connectivity index (χ2n) is 4.12. The van der Waals surface area contributed by atoms with Crippen molar-refractivity contribution in [2.75, 3.05) is 5.75 Å². The highest BCUT2D eigenvalue weighted by Crippen LogP contribution is 2.43. The summed E-state index contributed by atoms with van der Waals surface area (Å²) in [5.74, 6) is 0.772. The van der Waals surface area contributed by atoms with Crippen LogP contribution in [0.4, 0.5) is 0 Å². The van der Waals surface area contributed by atoms with Crippen LogP contribution in [0.5, 0.6) is 0 Å². The molecular formula is C13H10ClN3S2. The van der Waals surface area contributed by atoms with E-state index in [1.807, 2.05) is 24.3 Å². The number of aromatic nitrogens is 2. The van der Waals surface area contributed by atoms with Gasteiger partial charge in [0.05, 0.1) is 16.9 Å². The molecule has 3 rings (SSSR count). The minimum Gasteiger partial charge on any atom is -0.356 e. The van der Waals surface area contributed by atoms with E-state index in [1.165, 1.54) is 0 Å². The van der Waals surface area contributed by atoms with Crippen LogP contribution in [-0.2, 0) is 4.87 Å². The van der Waals surface area contributed by atoms with Gasteiger partial charge in [-0.3, -0.25) is 9.97 Å². The second kappa shape index (κ2) is 5.07. The minimum absolute atomic E-state index is 0.462. The molecule has 2 aromatic rings. The van der Waals surface area contributed by atoms with E-state index in [-0.39, 0.29) is 0 Å². The molecule has 1 aliphatic heterocycles. The fraction of sp³-hybridized carbons (Fsp3) is 0.154. The average Bonchev–Trinajstić information content (AvgIpc) is 2.84. The van der Waals surface area contributed by atoms with Crippen LogP contribution in [0.2, 0.25) is 5.02 Å². The first kappa shape index (κ1) is 12.8. The molecule has 0 saturated carbocycles. The van der Waals surface area contributed by atoms with Crippen LogP contribution < -0.4 is 5.32 Å². The Hall–Kier alpha value is -1.17. The van der Waals surface area contributed by atoms with Crippen molar-refractivity contribution in [2.24, 2.45) is 0 Å². The number of hydrogen-bond acceptors (Lipinski definition) is 4. The Morgan fingerprint density at radius 1 is 1.26 bits per heavy atom. The Morgan fingerprint density at radius 2 is 2.05 bits per heavy atom. The van der Waals surface area contributed by atoms with Crippen molar-refractivity contribution in [2.45, 2.75) is 4.87 Å². The van der Waals surface area contributed by atoms with E-state index in [4.69, 9.17) is 23.8 Å². The Bertz CT molecular complexity index is 603. The number of thioether (sulfide) groups is 1. The maximum absolute atomic E-state index is 5.96. The molecule has 2 heterocycles. The van der Waals surface area contributed by atoms with Crippen molar-refractivity contribution in [1.82, 2.24) is 15.3 Å². The summed E-state index contributed by atoms with van der Waals surface area (Å²) in [7, 11) is 0. The molecule has 1 aliphatic rings. The van der Waals surface area contributed by atoms with Crippen LogP contribution in [0.1, 0.15) is 11.3 Å². The summed E-state index contributed by atoms with van der Waals surface area (Å²) in [5, 5.41) is 4.08. The summed E-state index contributed by atoms with van der Waals surface area (Å²) in [6.07, 6.45) is 5.12. The zero-order valence-electron chi connectivity index (χ0n) is 9.84. The molecule has 1 aromatic heterocycles. The zero-order chi connectivity index (χ0) is 13.3. The number of nitrogens with one attached hydrogen (secondary N) is 1. The van der Waals surface area contributed by atoms with E-state index in [0.29, 0.717) is 5.02 Å². The summed E-state index contributed by atoms with van der Waals surface area (Å²) in [6, 6.07) is 7.73. The van der Waals surface area contributed by atoms with Crippen molar-refractivity contribution in [3.63, 3.8) is 0 Å². The molecule has 0 bridgehead atoms. The van der Waals surface area contributed by atoms with Crippen LogP contribution in [0.25, 0.3) is 0 Å². The van der Waals surface area contributed by atoms with Gasteiger partial charge in [-0.05, 0) is 17.7 Å². The van der Waals surface area contributed by atoms with Gasteiger partial charge in [0.2, 0.25) is 0 Å². The summed E-state index contributed by atoms with van der Waals surface area (Å²) in [4.78, 5) is 8.95. The first-order chi connectivity index (χ1) is 9.21. The fourth-order valence-corrected chi connectivity index (χ4v) is 3.74. The number of thiocarbonyl (C=S) groups is 1. The van der Waals surface area contributed by atoms with Crippen LogP contribution >= 0.6 is 35.6 Å².